The molecule has 1 atom stereocenters. The molecule has 0 saturated heterocycles. The predicted molar refractivity (Wildman–Crippen MR) is 106 cm³/mol. The van der Waals surface area contributed by atoms with Gasteiger partial charge in [0.1, 0.15) is 0 Å². The van der Waals surface area contributed by atoms with Gasteiger partial charge in [0.2, 0.25) is 0 Å². The van der Waals surface area contributed by atoms with Gasteiger partial charge in [0, 0.05) is 10.4 Å². The van der Waals surface area contributed by atoms with E-state index in [0.29, 0.717) is 5.92 Å². The number of rotatable bonds is 1. The highest BCUT2D eigenvalue weighted by molar-refractivity contribution is 9.10. The minimum atomic E-state index is 0.188. The first-order valence-electron chi connectivity index (χ1n) is 8.44. The Morgan fingerprint density at radius 3 is 2.12 bits per heavy atom. The fourth-order valence-corrected chi connectivity index (χ4v) is 4.09. The Labute approximate surface area is 152 Å². The molecule has 0 N–H and O–H groups in total. The molecule has 3 aromatic rings. The van der Waals surface area contributed by atoms with Crippen LogP contribution in [0.4, 0.5) is 0 Å². The second-order valence-corrected chi connectivity index (χ2v) is 8.54. The van der Waals surface area contributed by atoms with Gasteiger partial charge in [-0.25, -0.2) is 0 Å². The van der Waals surface area contributed by atoms with Gasteiger partial charge in [-0.15, -0.1) is 0 Å². The molecule has 1 unspecified atom stereocenters. The van der Waals surface area contributed by atoms with Crippen molar-refractivity contribution >= 4 is 15.9 Å². The van der Waals surface area contributed by atoms with Crippen LogP contribution in [-0.2, 0) is 5.41 Å². The largest absolute Gasteiger partial charge is 0.0619 e. The molecule has 0 aromatic heterocycles. The van der Waals surface area contributed by atoms with Crippen LogP contribution in [0.2, 0.25) is 0 Å². The number of hydrogen-bond donors (Lipinski definition) is 0. The van der Waals surface area contributed by atoms with Gasteiger partial charge in [0.25, 0.3) is 0 Å². The maximum absolute atomic E-state index is 3.65. The molecule has 0 amide bonds. The van der Waals surface area contributed by atoms with E-state index in [0.717, 1.165) is 4.47 Å². The predicted octanol–water partition coefficient (Wildman–Crippen LogP) is 6.91. The van der Waals surface area contributed by atoms with Crippen LogP contribution in [0.3, 0.4) is 0 Å². The zero-order chi connectivity index (χ0) is 16.9. The lowest BCUT2D eigenvalue weighted by Gasteiger charge is -2.21. The first-order valence-corrected chi connectivity index (χ1v) is 9.23. The normalized spacial score (nSPS) is 15.9. The molecule has 1 heteroatoms. The van der Waals surface area contributed by atoms with E-state index in [1.807, 2.05) is 0 Å². The highest BCUT2D eigenvalue weighted by Gasteiger charge is 2.29. The van der Waals surface area contributed by atoms with Crippen molar-refractivity contribution in [3.63, 3.8) is 0 Å². The molecule has 120 valence electrons. The average Bonchev–Trinajstić information content (AvgIpc) is 2.87. The smallest absolute Gasteiger partial charge is 0.0352 e. The lowest BCUT2D eigenvalue weighted by atomic mass is 9.84. The van der Waals surface area contributed by atoms with Crippen LogP contribution in [0.25, 0.3) is 11.1 Å². The number of halogens is 1. The molecule has 0 heterocycles. The fourth-order valence-electron chi connectivity index (χ4n) is 3.71. The first-order chi connectivity index (χ1) is 11.4. The summed E-state index contributed by atoms with van der Waals surface area (Å²) in [5.74, 6) is 0.322. The van der Waals surface area contributed by atoms with E-state index in [-0.39, 0.29) is 5.41 Å². The SMILES string of the molecule is CC(C)(C)c1ccc(C2c3ccccc3-c3ccc(Br)cc32)cc1. The Hall–Kier alpha value is -1.86. The van der Waals surface area contributed by atoms with Gasteiger partial charge in [-0.05, 0) is 50.9 Å². The number of fused-ring (bicyclic) bond motifs is 3. The lowest BCUT2D eigenvalue weighted by molar-refractivity contribution is 0.590. The van der Waals surface area contributed by atoms with Crippen molar-refractivity contribution in [3.05, 3.63) is 93.5 Å². The standard InChI is InChI=1S/C23H21Br/c1-23(2,3)16-10-8-15(9-11-16)22-20-7-5-4-6-18(20)19-13-12-17(24)14-21(19)22/h4-14,22H,1-3H3. The Bertz CT molecular complexity index is 898. The fraction of sp³-hybridized carbons (Fsp3) is 0.217. The van der Waals surface area contributed by atoms with Crippen LogP contribution in [0.5, 0.6) is 0 Å². The van der Waals surface area contributed by atoms with Crippen LogP contribution in [0, 0.1) is 0 Å². The summed E-state index contributed by atoms with van der Waals surface area (Å²) < 4.78 is 1.14. The van der Waals surface area contributed by atoms with Crippen LogP contribution in [0.1, 0.15) is 48.9 Å². The maximum atomic E-state index is 3.65. The molecule has 0 fully saturated rings. The van der Waals surface area contributed by atoms with Gasteiger partial charge in [-0.2, -0.15) is 0 Å². The topological polar surface area (TPSA) is 0 Å². The van der Waals surface area contributed by atoms with Gasteiger partial charge >= 0.3 is 0 Å². The molecule has 4 rings (SSSR count). The van der Waals surface area contributed by atoms with Gasteiger partial charge in [-0.3, -0.25) is 0 Å². The van der Waals surface area contributed by atoms with Crippen LogP contribution in [-0.4, -0.2) is 0 Å². The third-order valence-electron chi connectivity index (χ3n) is 5.00. The van der Waals surface area contributed by atoms with Gasteiger partial charge in [0.05, 0.1) is 0 Å². The molecule has 1 aliphatic carbocycles. The van der Waals surface area contributed by atoms with Crippen LogP contribution in [0.15, 0.2) is 71.2 Å². The van der Waals surface area contributed by atoms with Crippen molar-refractivity contribution in [2.45, 2.75) is 32.1 Å². The lowest BCUT2D eigenvalue weighted by Crippen LogP contribution is -2.11. The molecule has 0 bridgehead atoms. The van der Waals surface area contributed by atoms with Crippen LogP contribution < -0.4 is 0 Å². The van der Waals surface area contributed by atoms with E-state index in [1.54, 1.807) is 0 Å². The van der Waals surface area contributed by atoms with E-state index < -0.39 is 0 Å². The molecule has 24 heavy (non-hydrogen) atoms. The summed E-state index contributed by atoms with van der Waals surface area (Å²) in [6.07, 6.45) is 0. The summed E-state index contributed by atoms with van der Waals surface area (Å²) in [4.78, 5) is 0. The van der Waals surface area contributed by atoms with Crippen molar-refractivity contribution in [1.29, 1.82) is 0 Å². The molecule has 3 aromatic carbocycles. The quantitative estimate of drug-likeness (QED) is 0.338. The van der Waals surface area contributed by atoms with Crippen molar-refractivity contribution in [2.75, 3.05) is 0 Å². The summed E-state index contributed by atoms with van der Waals surface area (Å²) in [5, 5.41) is 0. The summed E-state index contributed by atoms with van der Waals surface area (Å²) in [6, 6.07) is 24.6. The van der Waals surface area contributed by atoms with Crippen molar-refractivity contribution in [2.24, 2.45) is 0 Å². The summed E-state index contributed by atoms with van der Waals surface area (Å²) in [5.41, 5.74) is 8.47. The Morgan fingerprint density at radius 2 is 1.42 bits per heavy atom. The van der Waals surface area contributed by atoms with Gasteiger partial charge < -0.3 is 0 Å². The number of hydrogen-bond acceptors (Lipinski definition) is 0. The minimum Gasteiger partial charge on any atom is -0.0619 e. The molecule has 0 nitrogen and oxygen atoms in total. The highest BCUT2D eigenvalue weighted by atomic mass is 79.9. The van der Waals surface area contributed by atoms with Gasteiger partial charge in [-0.1, -0.05) is 91.3 Å². The number of benzene rings is 3. The molecule has 0 saturated carbocycles. The molecule has 0 aliphatic heterocycles. The second kappa shape index (κ2) is 5.60. The molecular formula is C23H21Br. The first kappa shape index (κ1) is 15.7. The molecule has 1 aliphatic rings. The average molecular weight is 377 g/mol. The van der Waals surface area contributed by atoms with E-state index in [4.69, 9.17) is 0 Å². The van der Waals surface area contributed by atoms with Crippen LogP contribution >= 0.6 is 15.9 Å². The van der Waals surface area contributed by atoms with Crippen molar-refractivity contribution in [1.82, 2.24) is 0 Å². The van der Waals surface area contributed by atoms with E-state index in [2.05, 4.69) is 103 Å². The minimum absolute atomic E-state index is 0.188. The monoisotopic (exact) mass is 376 g/mol. The summed E-state index contributed by atoms with van der Waals surface area (Å²) in [6.45, 7) is 6.79. The summed E-state index contributed by atoms with van der Waals surface area (Å²) in [7, 11) is 0. The third kappa shape index (κ3) is 2.52. The van der Waals surface area contributed by atoms with Crippen molar-refractivity contribution in [3.8, 4) is 11.1 Å². The molecular weight excluding hydrogens is 356 g/mol. The highest BCUT2D eigenvalue weighted by Crippen LogP contribution is 2.48. The molecule has 0 spiro atoms. The van der Waals surface area contributed by atoms with Crippen molar-refractivity contribution < 1.29 is 0 Å². The third-order valence-corrected chi connectivity index (χ3v) is 5.49. The maximum Gasteiger partial charge on any atom is 0.0352 e. The Kier molecular flexibility index (Phi) is 3.65. The zero-order valence-corrected chi connectivity index (χ0v) is 15.9. The summed E-state index contributed by atoms with van der Waals surface area (Å²) >= 11 is 3.65. The Balaban J connectivity index is 1.88. The second-order valence-electron chi connectivity index (χ2n) is 7.62. The van der Waals surface area contributed by atoms with Gasteiger partial charge in [0.15, 0.2) is 0 Å². The Morgan fingerprint density at radius 1 is 0.750 bits per heavy atom. The van der Waals surface area contributed by atoms with E-state index in [9.17, 15) is 0 Å². The van der Waals surface area contributed by atoms with E-state index >= 15 is 0 Å². The molecule has 0 radical (unpaired) electrons. The zero-order valence-electron chi connectivity index (χ0n) is 14.3. The van der Waals surface area contributed by atoms with E-state index in [1.165, 1.54) is 33.4 Å².